The van der Waals surface area contributed by atoms with Crippen LogP contribution in [-0.4, -0.2) is 26.4 Å². The number of amides is 1. The van der Waals surface area contributed by atoms with E-state index in [1.165, 1.54) is 31.2 Å². The van der Waals surface area contributed by atoms with Gasteiger partial charge in [0.25, 0.3) is 0 Å². The number of hydrogen-bond acceptors (Lipinski definition) is 4. The topological polar surface area (TPSA) is 72.5 Å². The van der Waals surface area contributed by atoms with Gasteiger partial charge in [0.2, 0.25) is 5.91 Å². The first-order chi connectivity index (χ1) is 12.5. The number of carbonyl (C=O) groups is 1. The van der Waals surface area contributed by atoms with Crippen molar-refractivity contribution in [1.82, 2.24) is 5.32 Å². The first-order valence-electron chi connectivity index (χ1n) is 7.63. The maximum Gasteiger partial charge on any atom is 0.534 e. The molecule has 0 atom stereocenters. The van der Waals surface area contributed by atoms with Gasteiger partial charge >= 0.3 is 15.6 Å². The van der Waals surface area contributed by atoms with Crippen LogP contribution >= 0.6 is 0 Å². The largest absolute Gasteiger partial charge is 0.534 e. The zero-order valence-corrected chi connectivity index (χ0v) is 14.8. The van der Waals surface area contributed by atoms with E-state index < -0.39 is 27.2 Å². The molecule has 0 unspecified atom stereocenters. The molecule has 0 aliphatic heterocycles. The lowest BCUT2D eigenvalue weighted by atomic mass is 9.97. The first-order valence-corrected chi connectivity index (χ1v) is 9.04. The molecule has 0 radical (unpaired) electrons. The smallest absolute Gasteiger partial charge is 0.376 e. The highest BCUT2D eigenvalue weighted by Crippen LogP contribution is 2.32. The highest BCUT2D eigenvalue weighted by atomic mass is 32.2. The van der Waals surface area contributed by atoms with E-state index in [1.54, 1.807) is 0 Å². The van der Waals surface area contributed by atoms with E-state index in [1.807, 2.05) is 0 Å². The zero-order chi connectivity index (χ0) is 20.2. The molecule has 0 fully saturated rings. The number of benzene rings is 2. The van der Waals surface area contributed by atoms with Crippen LogP contribution in [0, 0.1) is 5.82 Å². The Bertz CT molecular complexity index is 942. The Morgan fingerprint density at radius 3 is 2.44 bits per heavy atom. The molecule has 0 aliphatic carbocycles. The third kappa shape index (κ3) is 5.43. The molecule has 0 saturated carbocycles. The highest BCUT2D eigenvalue weighted by molar-refractivity contribution is 7.88. The summed E-state index contributed by atoms with van der Waals surface area (Å²) in [5.41, 5.74) is -4.40. The van der Waals surface area contributed by atoms with Crippen molar-refractivity contribution in [2.75, 3.05) is 6.54 Å². The predicted octanol–water partition coefficient (Wildman–Crippen LogP) is 3.40. The third-order valence-electron chi connectivity index (χ3n) is 3.47. The van der Waals surface area contributed by atoms with E-state index in [9.17, 15) is 30.8 Å². The summed E-state index contributed by atoms with van der Waals surface area (Å²) in [5, 5.41) is 2.57. The van der Waals surface area contributed by atoms with Gasteiger partial charge in [-0.2, -0.15) is 21.6 Å². The average Bonchev–Trinajstić information content (AvgIpc) is 2.54. The van der Waals surface area contributed by atoms with Gasteiger partial charge in [-0.15, -0.1) is 0 Å². The van der Waals surface area contributed by atoms with Crippen LogP contribution in [0.5, 0.6) is 5.75 Å². The molecule has 2 aromatic carbocycles. The summed E-state index contributed by atoms with van der Waals surface area (Å²) in [4.78, 5) is 11.0. The first kappa shape index (κ1) is 20.7. The van der Waals surface area contributed by atoms with E-state index in [-0.39, 0.29) is 24.4 Å². The Balaban J connectivity index is 2.43. The summed E-state index contributed by atoms with van der Waals surface area (Å²) in [6.45, 7) is 1.56. The van der Waals surface area contributed by atoms with Crippen molar-refractivity contribution in [3.8, 4) is 16.9 Å². The van der Waals surface area contributed by atoms with Crippen molar-refractivity contribution in [2.45, 2.75) is 18.9 Å². The van der Waals surface area contributed by atoms with Crippen LogP contribution in [0.15, 0.2) is 42.5 Å². The Morgan fingerprint density at radius 2 is 1.85 bits per heavy atom. The quantitative estimate of drug-likeness (QED) is 0.454. The molecule has 0 heterocycles. The number of rotatable bonds is 6. The fourth-order valence-corrected chi connectivity index (χ4v) is 2.75. The fraction of sp³-hybridized carbons (Fsp3) is 0.235. The van der Waals surface area contributed by atoms with Crippen LogP contribution in [0.3, 0.4) is 0 Å². The molecule has 0 aliphatic rings. The summed E-state index contributed by atoms with van der Waals surface area (Å²) in [5.74, 6) is -1.40. The number of halogens is 4. The molecular formula is C17H15F4NO4S. The molecule has 10 heteroatoms. The number of carbonyl (C=O) groups excluding carboxylic acids is 1. The van der Waals surface area contributed by atoms with E-state index in [4.69, 9.17) is 0 Å². The second-order valence-corrected chi connectivity index (χ2v) is 7.08. The van der Waals surface area contributed by atoms with Crippen molar-refractivity contribution < 1.29 is 35.0 Å². The fourth-order valence-electron chi connectivity index (χ4n) is 2.30. The zero-order valence-electron chi connectivity index (χ0n) is 14.0. The van der Waals surface area contributed by atoms with Gasteiger partial charge in [0.15, 0.2) is 0 Å². The lowest BCUT2D eigenvalue weighted by molar-refractivity contribution is -0.118. The van der Waals surface area contributed by atoms with Gasteiger partial charge in [0.05, 0.1) is 0 Å². The molecule has 146 valence electrons. The Hall–Kier alpha value is -2.62. The summed E-state index contributed by atoms with van der Waals surface area (Å²) < 4.78 is 77.6. The van der Waals surface area contributed by atoms with Crippen LogP contribution < -0.4 is 9.50 Å². The van der Waals surface area contributed by atoms with Crippen molar-refractivity contribution in [2.24, 2.45) is 0 Å². The standard InChI is InChI=1S/C17H15F4NO4S/c1-11(23)22-8-7-12-5-6-15(26-27(24,25)17(19,20)21)10-16(12)13-3-2-4-14(18)9-13/h2-6,9-10H,7-8H2,1H3,(H,22,23). The molecule has 2 aromatic rings. The minimum absolute atomic E-state index is 0.235. The molecular weight excluding hydrogens is 390 g/mol. The van der Waals surface area contributed by atoms with Gasteiger partial charge in [-0.3, -0.25) is 4.79 Å². The summed E-state index contributed by atoms with van der Waals surface area (Å²) in [6.07, 6.45) is 0.289. The van der Waals surface area contributed by atoms with Crippen LogP contribution in [0.1, 0.15) is 12.5 Å². The second kappa shape index (κ2) is 7.95. The SMILES string of the molecule is CC(=O)NCCc1ccc(OS(=O)(=O)C(F)(F)F)cc1-c1cccc(F)c1. The monoisotopic (exact) mass is 405 g/mol. The lowest BCUT2D eigenvalue weighted by Gasteiger charge is -2.14. The average molecular weight is 405 g/mol. The van der Waals surface area contributed by atoms with Crippen LogP contribution in [0.4, 0.5) is 17.6 Å². The third-order valence-corrected chi connectivity index (χ3v) is 4.45. The maximum atomic E-state index is 13.5. The Kier molecular flexibility index (Phi) is 6.09. The Morgan fingerprint density at radius 1 is 1.15 bits per heavy atom. The number of alkyl halides is 3. The second-order valence-electron chi connectivity index (χ2n) is 5.55. The Labute approximate surface area is 153 Å². The number of nitrogens with one attached hydrogen (secondary N) is 1. The summed E-state index contributed by atoms with van der Waals surface area (Å²) >= 11 is 0. The molecule has 2 rings (SSSR count). The van der Waals surface area contributed by atoms with E-state index in [2.05, 4.69) is 9.50 Å². The number of hydrogen-bond donors (Lipinski definition) is 1. The normalized spacial score (nSPS) is 11.9. The van der Waals surface area contributed by atoms with Gasteiger partial charge in [-0.1, -0.05) is 18.2 Å². The van der Waals surface area contributed by atoms with E-state index in [0.717, 1.165) is 18.2 Å². The molecule has 5 nitrogen and oxygen atoms in total. The molecule has 0 bridgehead atoms. The minimum Gasteiger partial charge on any atom is -0.376 e. The molecule has 1 N–H and O–H groups in total. The minimum atomic E-state index is -5.83. The molecule has 27 heavy (non-hydrogen) atoms. The van der Waals surface area contributed by atoms with Crippen molar-refractivity contribution in [3.05, 3.63) is 53.8 Å². The van der Waals surface area contributed by atoms with Crippen LogP contribution in [0.2, 0.25) is 0 Å². The summed E-state index contributed by atoms with van der Waals surface area (Å²) in [7, 11) is -5.83. The van der Waals surface area contributed by atoms with Crippen molar-refractivity contribution in [1.29, 1.82) is 0 Å². The van der Waals surface area contributed by atoms with Gasteiger partial charge in [-0.25, -0.2) is 4.39 Å². The molecule has 0 aromatic heterocycles. The van der Waals surface area contributed by atoms with E-state index in [0.29, 0.717) is 11.1 Å². The van der Waals surface area contributed by atoms with Gasteiger partial charge in [-0.05, 0) is 47.4 Å². The molecule has 0 saturated heterocycles. The van der Waals surface area contributed by atoms with Crippen molar-refractivity contribution in [3.63, 3.8) is 0 Å². The highest BCUT2D eigenvalue weighted by Gasteiger charge is 2.48. The van der Waals surface area contributed by atoms with Crippen molar-refractivity contribution >= 4 is 16.0 Å². The predicted molar refractivity (Wildman–Crippen MR) is 89.8 cm³/mol. The summed E-state index contributed by atoms with van der Waals surface area (Å²) in [6, 6.07) is 8.78. The maximum absolute atomic E-state index is 13.5. The van der Waals surface area contributed by atoms with Gasteiger partial charge in [0, 0.05) is 13.5 Å². The van der Waals surface area contributed by atoms with Gasteiger partial charge in [0.1, 0.15) is 11.6 Å². The van der Waals surface area contributed by atoms with E-state index >= 15 is 0 Å². The van der Waals surface area contributed by atoms with Crippen LogP contribution in [-0.2, 0) is 21.3 Å². The van der Waals surface area contributed by atoms with Crippen LogP contribution in [0.25, 0.3) is 11.1 Å². The lowest BCUT2D eigenvalue weighted by Crippen LogP contribution is -2.28. The molecule has 1 amide bonds. The van der Waals surface area contributed by atoms with Gasteiger partial charge < -0.3 is 9.50 Å². The molecule has 0 spiro atoms.